The molecule has 0 spiro atoms. The first-order valence-electron chi connectivity index (χ1n) is 6.99. The maximum Gasteiger partial charge on any atom is 0.352 e. The minimum Gasteiger partial charge on any atom is -0.477 e. The van der Waals surface area contributed by atoms with E-state index in [2.05, 4.69) is 9.97 Å². The molecule has 1 fully saturated rings. The first kappa shape index (κ1) is 16.3. The van der Waals surface area contributed by atoms with Gasteiger partial charge in [0.2, 0.25) is 5.91 Å². The number of carboxylic acids is 1. The Morgan fingerprint density at radius 1 is 1.48 bits per heavy atom. The van der Waals surface area contributed by atoms with Crippen molar-refractivity contribution in [2.75, 3.05) is 11.5 Å². The van der Waals surface area contributed by atoms with Gasteiger partial charge in [-0.1, -0.05) is 11.8 Å². The summed E-state index contributed by atoms with van der Waals surface area (Å²) in [6.07, 6.45) is 0. The Morgan fingerprint density at radius 2 is 2.13 bits per heavy atom. The predicted octanol–water partition coefficient (Wildman–Crippen LogP) is 0.767. The van der Waals surface area contributed by atoms with Crippen molar-refractivity contribution in [1.82, 2.24) is 14.9 Å². The molecule has 3 N–H and O–H groups in total. The lowest BCUT2D eigenvalue weighted by Crippen LogP contribution is -2.68. The summed E-state index contributed by atoms with van der Waals surface area (Å²) in [5.41, 5.74) is 8.24. The third kappa shape index (κ3) is 2.96. The molecule has 2 aliphatic rings. The molecule has 1 saturated heterocycles. The maximum atomic E-state index is 11.9. The lowest BCUT2D eigenvalue weighted by atomic mass is 10.0. The van der Waals surface area contributed by atoms with Crippen molar-refractivity contribution in [3.8, 4) is 0 Å². The molecule has 23 heavy (non-hydrogen) atoms. The number of nitrogens with two attached hydrogens (primary N) is 1. The number of fused-ring (bicyclic) bond motifs is 1. The molecule has 1 amide bonds. The lowest BCUT2D eigenvalue weighted by molar-refractivity contribution is -0.147. The van der Waals surface area contributed by atoms with E-state index in [1.807, 2.05) is 19.9 Å². The summed E-state index contributed by atoms with van der Waals surface area (Å²) >= 11 is 2.88. The highest BCUT2D eigenvalue weighted by Crippen LogP contribution is 2.40. The molecule has 1 aromatic rings. The molecule has 0 aliphatic carbocycles. The van der Waals surface area contributed by atoms with Crippen molar-refractivity contribution in [2.45, 2.75) is 30.4 Å². The fourth-order valence-electron chi connectivity index (χ4n) is 2.60. The van der Waals surface area contributed by atoms with Crippen LogP contribution in [-0.4, -0.2) is 54.8 Å². The molecule has 3 rings (SSSR count). The van der Waals surface area contributed by atoms with Crippen LogP contribution in [0.3, 0.4) is 0 Å². The van der Waals surface area contributed by atoms with Gasteiger partial charge in [0.1, 0.15) is 17.1 Å². The molecular weight excluding hydrogens is 336 g/mol. The van der Waals surface area contributed by atoms with E-state index in [0.29, 0.717) is 22.2 Å². The SMILES string of the molecule is Cc1cc(C)nc(SCC2=C(C(=O)O)N3C(=O)C(N)[C@@H]3SC2)n1. The Bertz CT molecular complexity index is 702. The Morgan fingerprint density at radius 3 is 2.74 bits per heavy atom. The van der Waals surface area contributed by atoms with E-state index in [4.69, 9.17) is 5.73 Å². The Kier molecular flexibility index (Phi) is 4.35. The van der Waals surface area contributed by atoms with Crippen LogP contribution in [0.1, 0.15) is 11.4 Å². The van der Waals surface area contributed by atoms with Crippen molar-refractivity contribution in [3.63, 3.8) is 0 Å². The van der Waals surface area contributed by atoms with E-state index in [1.54, 1.807) is 0 Å². The van der Waals surface area contributed by atoms with E-state index in [9.17, 15) is 14.7 Å². The molecule has 0 saturated carbocycles. The lowest BCUT2D eigenvalue weighted by Gasteiger charge is -2.48. The van der Waals surface area contributed by atoms with Crippen LogP contribution in [0, 0.1) is 13.8 Å². The zero-order valence-electron chi connectivity index (χ0n) is 12.6. The summed E-state index contributed by atoms with van der Waals surface area (Å²) in [6.45, 7) is 3.78. The number of nitrogens with zero attached hydrogens (tertiary/aromatic N) is 3. The summed E-state index contributed by atoms with van der Waals surface area (Å²) in [5, 5.41) is 9.82. The quantitative estimate of drug-likeness (QED) is 0.464. The fraction of sp³-hybridized carbons (Fsp3) is 0.429. The van der Waals surface area contributed by atoms with Crippen LogP contribution < -0.4 is 5.73 Å². The summed E-state index contributed by atoms with van der Waals surface area (Å²) in [6, 6.07) is 1.28. The molecule has 1 unspecified atom stereocenters. The van der Waals surface area contributed by atoms with Gasteiger partial charge in [-0.25, -0.2) is 14.8 Å². The molecule has 7 nitrogen and oxygen atoms in total. The third-order valence-corrected chi connectivity index (χ3v) is 5.92. The van der Waals surface area contributed by atoms with Gasteiger partial charge in [-0.2, -0.15) is 0 Å². The van der Waals surface area contributed by atoms with Crippen LogP contribution in [0.5, 0.6) is 0 Å². The molecular formula is C14H16N4O3S2. The zero-order chi connectivity index (χ0) is 16.7. The zero-order valence-corrected chi connectivity index (χ0v) is 14.3. The highest BCUT2D eigenvalue weighted by molar-refractivity contribution is 8.01. The number of rotatable bonds is 4. The van der Waals surface area contributed by atoms with Crippen LogP contribution in [-0.2, 0) is 9.59 Å². The van der Waals surface area contributed by atoms with Crippen LogP contribution in [0.2, 0.25) is 0 Å². The monoisotopic (exact) mass is 352 g/mol. The smallest absolute Gasteiger partial charge is 0.352 e. The summed E-state index contributed by atoms with van der Waals surface area (Å²) < 4.78 is 0. The standard InChI is InChI=1S/C14H16N4O3S2/c1-6-3-7(2)17-14(16-6)23-5-8-4-22-12-9(15)11(19)18(12)10(8)13(20)21/h3,9,12H,4-5,15H2,1-2H3,(H,20,21)/t9?,12-/m0/s1. The number of carbonyl (C=O) groups excluding carboxylic acids is 1. The number of aryl methyl sites for hydroxylation is 2. The minimum absolute atomic E-state index is 0.0670. The number of thioether (sulfide) groups is 2. The van der Waals surface area contributed by atoms with E-state index < -0.39 is 12.0 Å². The molecule has 0 bridgehead atoms. The van der Waals surface area contributed by atoms with Crippen molar-refractivity contribution < 1.29 is 14.7 Å². The third-order valence-electron chi connectivity index (χ3n) is 3.63. The van der Waals surface area contributed by atoms with Crippen LogP contribution in [0.15, 0.2) is 22.5 Å². The second kappa shape index (κ2) is 6.14. The Hall–Kier alpha value is -1.58. The van der Waals surface area contributed by atoms with E-state index >= 15 is 0 Å². The number of aliphatic carboxylic acids is 1. The summed E-state index contributed by atoms with van der Waals surface area (Å²) in [4.78, 5) is 33.4. The molecule has 2 aliphatic heterocycles. The van der Waals surface area contributed by atoms with Gasteiger partial charge >= 0.3 is 5.97 Å². The molecule has 9 heteroatoms. The van der Waals surface area contributed by atoms with Crippen molar-refractivity contribution >= 4 is 35.4 Å². The van der Waals surface area contributed by atoms with Crippen LogP contribution in [0.4, 0.5) is 0 Å². The van der Waals surface area contributed by atoms with Crippen molar-refractivity contribution in [2.24, 2.45) is 5.73 Å². The maximum absolute atomic E-state index is 11.9. The van der Waals surface area contributed by atoms with E-state index in [-0.39, 0.29) is 17.0 Å². The van der Waals surface area contributed by atoms with Gasteiger partial charge in [0.05, 0.1) is 0 Å². The van der Waals surface area contributed by atoms with E-state index in [0.717, 1.165) is 11.4 Å². The number of aromatic nitrogens is 2. The molecule has 3 heterocycles. The predicted molar refractivity (Wildman–Crippen MR) is 88.0 cm³/mol. The summed E-state index contributed by atoms with van der Waals surface area (Å²) in [7, 11) is 0. The largest absolute Gasteiger partial charge is 0.477 e. The highest BCUT2D eigenvalue weighted by atomic mass is 32.2. The van der Waals surface area contributed by atoms with Gasteiger partial charge in [0, 0.05) is 22.9 Å². The van der Waals surface area contributed by atoms with Gasteiger partial charge in [0.25, 0.3) is 0 Å². The second-order valence-corrected chi connectivity index (χ2v) is 7.46. The Labute approximate surface area is 141 Å². The molecule has 122 valence electrons. The van der Waals surface area contributed by atoms with Crippen LogP contribution in [0.25, 0.3) is 0 Å². The first-order chi connectivity index (χ1) is 10.9. The normalized spacial score (nSPS) is 23.6. The number of β-lactam (4-membered cyclic amide) rings is 1. The fourth-order valence-corrected chi connectivity index (χ4v) is 4.98. The summed E-state index contributed by atoms with van der Waals surface area (Å²) in [5.74, 6) is -0.442. The number of carboxylic acid groups (broad SMARTS) is 1. The molecule has 0 radical (unpaired) electrons. The number of carbonyl (C=O) groups is 2. The number of amides is 1. The Balaban J connectivity index is 1.82. The van der Waals surface area contributed by atoms with Gasteiger partial charge in [-0.3, -0.25) is 9.69 Å². The number of hydrogen-bond donors (Lipinski definition) is 2. The van der Waals surface area contributed by atoms with Crippen molar-refractivity contribution in [3.05, 3.63) is 28.7 Å². The van der Waals surface area contributed by atoms with Crippen LogP contribution >= 0.6 is 23.5 Å². The van der Waals surface area contributed by atoms with Crippen molar-refractivity contribution in [1.29, 1.82) is 0 Å². The van der Waals surface area contributed by atoms with Gasteiger partial charge in [0.15, 0.2) is 5.16 Å². The second-order valence-electron chi connectivity index (χ2n) is 5.41. The van der Waals surface area contributed by atoms with Gasteiger partial charge in [-0.05, 0) is 25.5 Å². The minimum atomic E-state index is -1.09. The number of hydrogen-bond acceptors (Lipinski definition) is 7. The molecule has 0 aromatic carbocycles. The average Bonchev–Trinajstić information content (AvgIpc) is 2.50. The molecule has 1 aromatic heterocycles. The van der Waals surface area contributed by atoms with E-state index in [1.165, 1.54) is 28.4 Å². The van der Waals surface area contributed by atoms with Gasteiger partial charge < -0.3 is 10.8 Å². The molecule has 2 atom stereocenters. The topological polar surface area (TPSA) is 109 Å². The average molecular weight is 352 g/mol. The van der Waals surface area contributed by atoms with Gasteiger partial charge in [-0.15, -0.1) is 11.8 Å². The highest BCUT2D eigenvalue weighted by Gasteiger charge is 2.51. The first-order valence-corrected chi connectivity index (χ1v) is 9.02.